The molecule has 25 heavy (non-hydrogen) atoms. The second kappa shape index (κ2) is 14.0. The molecular weight excluding hydrogens is 427 g/mol. The highest BCUT2D eigenvalue weighted by atomic mass is 127. The summed E-state index contributed by atoms with van der Waals surface area (Å²) >= 11 is 2.14. The number of ether oxygens (including phenoxy) is 2. The van der Waals surface area contributed by atoms with E-state index in [9.17, 15) is 5.11 Å². The minimum atomic E-state index is -0.421. The Kier molecular flexibility index (Phi) is 12.8. The van der Waals surface area contributed by atoms with Gasteiger partial charge < -0.3 is 14.6 Å². The van der Waals surface area contributed by atoms with E-state index in [-0.39, 0.29) is 18.3 Å². The van der Waals surface area contributed by atoms with E-state index in [1.807, 2.05) is 23.2 Å². The molecular formula is C21H35IO3. The van der Waals surface area contributed by atoms with Gasteiger partial charge in [0.15, 0.2) is 6.29 Å². The van der Waals surface area contributed by atoms with E-state index >= 15 is 0 Å². The number of rotatable bonds is 12. The molecule has 1 heterocycles. The Hall–Kier alpha value is -0.170. The van der Waals surface area contributed by atoms with Crippen molar-refractivity contribution in [3.63, 3.8) is 0 Å². The molecule has 0 radical (unpaired) electrons. The number of hydrogen-bond acceptors (Lipinski definition) is 3. The van der Waals surface area contributed by atoms with Crippen LogP contribution in [0, 0.1) is 11.8 Å². The maximum absolute atomic E-state index is 9.98. The van der Waals surface area contributed by atoms with Crippen LogP contribution in [0.25, 0.3) is 0 Å². The van der Waals surface area contributed by atoms with Crippen molar-refractivity contribution in [3.8, 4) is 0 Å². The third-order valence-corrected chi connectivity index (χ3v) is 5.02. The monoisotopic (exact) mass is 462 g/mol. The van der Waals surface area contributed by atoms with E-state index in [0.29, 0.717) is 5.92 Å². The fourth-order valence-electron chi connectivity index (χ4n) is 2.99. The topological polar surface area (TPSA) is 38.7 Å². The van der Waals surface area contributed by atoms with Gasteiger partial charge >= 0.3 is 0 Å². The number of aliphatic hydroxyl groups is 1. The average molecular weight is 462 g/mol. The minimum Gasteiger partial charge on any atom is -0.388 e. The van der Waals surface area contributed by atoms with E-state index in [2.05, 4.69) is 48.2 Å². The molecule has 0 saturated carbocycles. The highest BCUT2D eigenvalue weighted by molar-refractivity contribution is 14.1. The van der Waals surface area contributed by atoms with E-state index in [0.717, 1.165) is 45.1 Å². The van der Waals surface area contributed by atoms with Crippen LogP contribution in [0.5, 0.6) is 0 Å². The maximum Gasteiger partial charge on any atom is 0.157 e. The first-order valence-corrected chi connectivity index (χ1v) is 10.8. The van der Waals surface area contributed by atoms with E-state index in [1.165, 1.54) is 6.42 Å². The van der Waals surface area contributed by atoms with Gasteiger partial charge in [-0.15, -0.1) is 6.58 Å². The molecule has 1 aliphatic heterocycles. The Labute approximate surface area is 167 Å². The van der Waals surface area contributed by atoms with Crippen LogP contribution in [0.1, 0.15) is 58.8 Å². The van der Waals surface area contributed by atoms with Crippen molar-refractivity contribution in [1.82, 2.24) is 0 Å². The Morgan fingerprint density at radius 1 is 1.28 bits per heavy atom. The van der Waals surface area contributed by atoms with Crippen molar-refractivity contribution in [2.45, 2.75) is 77.3 Å². The van der Waals surface area contributed by atoms with Gasteiger partial charge in [0, 0.05) is 12.5 Å². The molecule has 5 atom stereocenters. The fourth-order valence-corrected chi connectivity index (χ4v) is 3.41. The van der Waals surface area contributed by atoms with E-state index in [1.54, 1.807) is 0 Å². The van der Waals surface area contributed by atoms with Gasteiger partial charge in [-0.3, -0.25) is 0 Å². The Morgan fingerprint density at radius 3 is 2.72 bits per heavy atom. The minimum absolute atomic E-state index is 0.0341. The third-order valence-electron chi connectivity index (χ3n) is 4.60. The molecule has 0 amide bonds. The molecule has 1 unspecified atom stereocenters. The zero-order valence-electron chi connectivity index (χ0n) is 15.8. The van der Waals surface area contributed by atoms with E-state index < -0.39 is 6.10 Å². The first kappa shape index (κ1) is 22.9. The van der Waals surface area contributed by atoms with E-state index in [4.69, 9.17) is 9.47 Å². The van der Waals surface area contributed by atoms with Crippen LogP contribution < -0.4 is 0 Å². The molecule has 3 nitrogen and oxygen atoms in total. The van der Waals surface area contributed by atoms with Crippen molar-refractivity contribution in [2.75, 3.05) is 6.61 Å². The normalized spacial score (nSPS) is 23.6. The lowest BCUT2D eigenvalue weighted by Gasteiger charge is -2.29. The Morgan fingerprint density at radius 2 is 2.08 bits per heavy atom. The summed E-state index contributed by atoms with van der Waals surface area (Å²) in [7, 11) is 0. The summed E-state index contributed by atoms with van der Waals surface area (Å²) in [6.45, 7) is 8.88. The first-order valence-electron chi connectivity index (χ1n) is 9.58. The van der Waals surface area contributed by atoms with Gasteiger partial charge in [-0.25, -0.2) is 0 Å². The molecule has 0 aromatic rings. The second-order valence-corrected chi connectivity index (χ2v) is 7.76. The molecule has 0 spiro atoms. The quantitative estimate of drug-likeness (QED) is 0.227. The van der Waals surface area contributed by atoms with Crippen LogP contribution in [-0.2, 0) is 9.47 Å². The SMILES string of the molecule is C=CCCC[C@H](C[C@@H](C)/C=C/[C@H](C)[C@@H](O)/C=C/I)OC1CCCCO1. The molecule has 1 rings (SSSR count). The fraction of sp³-hybridized carbons (Fsp3) is 0.714. The van der Waals surface area contributed by atoms with Gasteiger partial charge in [0.2, 0.25) is 0 Å². The van der Waals surface area contributed by atoms with Crippen molar-refractivity contribution >= 4 is 22.6 Å². The lowest BCUT2D eigenvalue weighted by Crippen LogP contribution is -2.29. The van der Waals surface area contributed by atoms with Crippen LogP contribution in [-0.4, -0.2) is 30.2 Å². The van der Waals surface area contributed by atoms with Crippen molar-refractivity contribution in [3.05, 3.63) is 35.0 Å². The summed E-state index contributed by atoms with van der Waals surface area (Å²) in [6.07, 6.45) is 15.4. The van der Waals surface area contributed by atoms with Crippen LogP contribution >= 0.6 is 22.6 Å². The third kappa shape index (κ3) is 10.5. The summed E-state index contributed by atoms with van der Waals surface area (Å²) in [5.74, 6) is 0.533. The predicted molar refractivity (Wildman–Crippen MR) is 114 cm³/mol. The van der Waals surface area contributed by atoms with Gasteiger partial charge in [-0.05, 0) is 61.0 Å². The molecule has 144 valence electrons. The zero-order chi connectivity index (χ0) is 18.5. The number of halogens is 1. The first-order chi connectivity index (χ1) is 12.1. The number of aliphatic hydroxyl groups excluding tert-OH is 1. The second-order valence-electron chi connectivity index (χ2n) is 7.04. The standard InChI is InChI=1S/C21H35IO3/c1-4-5-6-9-19(25-21-10-7-8-15-24-21)16-17(2)11-12-18(3)20(23)13-14-22/h4,11-14,17-21,23H,1,5-10,15-16H2,2-3H3/b12-11+,14-13+/t17-,18-,19+,20-,21?/m0/s1. The summed E-state index contributed by atoms with van der Waals surface area (Å²) in [5, 5.41) is 9.98. The molecule has 1 saturated heterocycles. The Balaban J connectivity index is 2.50. The summed E-state index contributed by atoms with van der Waals surface area (Å²) < 4.78 is 13.9. The van der Waals surface area contributed by atoms with Gasteiger partial charge in [0.1, 0.15) is 0 Å². The highest BCUT2D eigenvalue weighted by Crippen LogP contribution is 2.23. The molecule has 0 bridgehead atoms. The largest absolute Gasteiger partial charge is 0.388 e. The summed E-state index contributed by atoms with van der Waals surface area (Å²) in [6, 6.07) is 0. The predicted octanol–water partition coefficient (Wildman–Crippen LogP) is 5.78. The number of unbranched alkanes of at least 4 members (excludes halogenated alkanes) is 1. The van der Waals surface area contributed by atoms with Crippen LogP contribution in [0.2, 0.25) is 0 Å². The van der Waals surface area contributed by atoms with Crippen LogP contribution in [0.3, 0.4) is 0 Å². The zero-order valence-corrected chi connectivity index (χ0v) is 17.9. The van der Waals surface area contributed by atoms with Gasteiger partial charge in [-0.2, -0.15) is 0 Å². The molecule has 0 aliphatic carbocycles. The molecule has 4 heteroatoms. The smallest absolute Gasteiger partial charge is 0.157 e. The molecule has 1 fully saturated rings. The summed E-state index contributed by atoms with van der Waals surface area (Å²) in [4.78, 5) is 0. The van der Waals surface area contributed by atoms with Crippen molar-refractivity contribution in [1.29, 1.82) is 0 Å². The summed E-state index contributed by atoms with van der Waals surface area (Å²) in [5.41, 5.74) is 0. The lowest BCUT2D eigenvalue weighted by atomic mass is 9.96. The molecule has 0 aromatic heterocycles. The molecule has 1 N–H and O–H groups in total. The molecule has 1 aliphatic rings. The maximum atomic E-state index is 9.98. The van der Waals surface area contributed by atoms with Gasteiger partial charge in [-0.1, -0.05) is 54.7 Å². The van der Waals surface area contributed by atoms with Crippen molar-refractivity contribution in [2.24, 2.45) is 11.8 Å². The average Bonchev–Trinajstić information content (AvgIpc) is 2.61. The van der Waals surface area contributed by atoms with Crippen LogP contribution in [0.4, 0.5) is 0 Å². The van der Waals surface area contributed by atoms with Gasteiger partial charge in [0.25, 0.3) is 0 Å². The number of allylic oxidation sites excluding steroid dienone is 2. The lowest BCUT2D eigenvalue weighted by molar-refractivity contribution is -0.191. The number of hydrogen-bond donors (Lipinski definition) is 1. The highest BCUT2D eigenvalue weighted by Gasteiger charge is 2.21. The molecule has 0 aromatic carbocycles. The van der Waals surface area contributed by atoms with Crippen molar-refractivity contribution < 1.29 is 14.6 Å². The van der Waals surface area contributed by atoms with Gasteiger partial charge in [0.05, 0.1) is 12.2 Å². The van der Waals surface area contributed by atoms with Crippen LogP contribution in [0.15, 0.2) is 35.0 Å². The Bertz CT molecular complexity index is 402.